The molecule has 0 atom stereocenters. The Morgan fingerprint density at radius 1 is 1.38 bits per heavy atom. The molecule has 0 aromatic heterocycles. The summed E-state index contributed by atoms with van der Waals surface area (Å²) in [4.78, 5) is 0. The van der Waals surface area contributed by atoms with Crippen LogP contribution in [0, 0.1) is 5.92 Å². The van der Waals surface area contributed by atoms with Crippen molar-refractivity contribution < 1.29 is 4.74 Å². The van der Waals surface area contributed by atoms with Crippen LogP contribution in [0.25, 0.3) is 0 Å². The number of nitrogens with one attached hydrogen (secondary N) is 1. The average molecular weight is 185 g/mol. The molecule has 78 valence electrons. The number of rotatable bonds is 6. The van der Waals surface area contributed by atoms with E-state index in [1.807, 2.05) is 7.05 Å². The monoisotopic (exact) mass is 185 g/mol. The smallest absolute Gasteiger partial charge is 0.0694 e. The second-order valence-electron chi connectivity index (χ2n) is 4.59. The summed E-state index contributed by atoms with van der Waals surface area (Å²) in [7, 11) is 2.01. The molecule has 0 amide bonds. The minimum atomic E-state index is 0.243. The van der Waals surface area contributed by atoms with Crippen LogP contribution in [0.1, 0.15) is 39.5 Å². The Bertz CT molecular complexity index is 141. The van der Waals surface area contributed by atoms with Gasteiger partial charge in [-0.1, -0.05) is 13.8 Å². The van der Waals surface area contributed by atoms with Crippen molar-refractivity contribution in [2.75, 3.05) is 20.2 Å². The van der Waals surface area contributed by atoms with Gasteiger partial charge in [0.15, 0.2) is 0 Å². The Kier molecular flexibility index (Phi) is 4.20. The fourth-order valence-electron chi connectivity index (χ4n) is 1.73. The number of hydrogen-bond acceptors (Lipinski definition) is 2. The van der Waals surface area contributed by atoms with Gasteiger partial charge in [-0.15, -0.1) is 0 Å². The van der Waals surface area contributed by atoms with Crippen molar-refractivity contribution >= 4 is 0 Å². The van der Waals surface area contributed by atoms with E-state index in [0.717, 1.165) is 13.2 Å². The molecule has 2 nitrogen and oxygen atoms in total. The van der Waals surface area contributed by atoms with E-state index in [1.54, 1.807) is 0 Å². The SMILES string of the molecule is CNCCC1(OCC(C)C)CCC1. The van der Waals surface area contributed by atoms with Crippen LogP contribution in [-0.2, 0) is 4.74 Å². The molecule has 0 aromatic carbocycles. The Balaban J connectivity index is 2.23. The van der Waals surface area contributed by atoms with Gasteiger partial charge in [-0.2, -0.15) is 0 Å². The van der Waals surface area contributed by atoms with Crippen molar-refractivity contribution in [3.63, 3.8) is 0 Å². The molecule has 13 heavy (non-hydrogen) atoms. The van der Waals surface area contributed by atoms with Gasteiger partial charge >= 0.3 is 0 Å². The fourth-order valence-corrected chi connectivity index (χ4v) is 1.73. The van der Waals surface area contributed by atoms with Crippen LogP contribution in [0.3, 0.4) is 0 Å². The van der Waals surface area contributed by atoms with Crippen LogP contribution < -0.4 is 5.32 Å². The van der Waals surface area contributed by atoms with Crippen LogP contribution in [0.5, 0.6) is 0 Å². The van der Waals surface area contributed by atoms with E-state index in [4.69, 9.17) is 4.74 Å². The summed E-state index contributed by atoms with van der Waals surface area (Å²) >= 11 is 0. The highest BCUT2D eigenvalue weighted by molar-refractivity contribution is 4.90. The Hall–Kier alpha value is -0.0800. The Morgan fingerprint density at radius 2 is 2.08 bits per heavy atom. The Morgan fingerprint density at radius 3 is 2.46 bits per heavy atom. The van der Waals surface area contributed by atoms with Gasteiger partial charge in [0, 0.05) is 6.61 Å². The zero-order valence-electron chi connectivity index (χ0n) is 9.23. The lowest BCUT2D eigenvalue weighted by atomic mass is 9.77. The van der Waals surface area contributed by atoms with Crippen molar-refractivity contribution in [3.8, 4) is 0 Å². The third kappa shape index (κ3) is 3.28. The van der Waals surface area contributed by atoms with Gasteiger partial charge in [0.25, 0.3) is 0 Å². The molecule has 1 aliphatic rings. The minimum absolute atomic E-state index is 0.243. The molecule has 1 N–H and O–H groups in total. The van der Waals surface area contributed by atoms with Gasteiger partial charge in [-0.3, -0.25) is 0 Å². The molecule has 1 fully saturated rings. The third-order valence-corrected chi connectivity index (χ3v) is 2.82. The molecular weight excluding hydrogens is 162 g/mol. The van der Waals surface area contributed by atoms with E-state index in [9.17, 15) is 0 Å². The van der Waals surface area contributed by atoms with Crippen molar-refractivity contribution in [1.82, 2.24) is 5.32 Å². The van der Waals surface area contributed by atoms with Crippen LogP contribution in [0.15, 0.2) is 0 Å². The predicted molar refractivity (Wildman–Crippen MR) is 55.9 cm³/mol. The molecule has 1 saturated carbocycles. The molecule has 0 heterocycles. The molecule has 0 bridgehead atoms. The quantitative estimate of drug-likeness (QED) is 0.685. The zero-order valence-corrected chi connectivity index (χ0v) is 9.23. The van der Waals surface area contributed by atoms with Gasteiger partial charge in [0.05, 0.1) is 5.60 Å². The van der Waals surface area contributed by atoms with Crippen molar-refractivity contribution in [2.24, 2.45) is 5.92 Å². The van der Waals surface area contributed by atoms with Crippen LogP contribution in [0.2, 0.25) is 0 Å². The first-order chi connectivity index (χ1) is 6.18. The lowest BCUT2D eigenvalue weighted by molar-refractivity contribution is -0.112. The molecule has 0 saturated heterocycles. The van der Waals surface area contributed by atoms with Gasteiger partial charge in [0.1, 0.15) is 0 Å². The molecule has 1 rings (SSSR count). The topological polar surface area (TPSA) is 21.3 Å². The van der Waals surface area contributed by atoms with E-state index in [1.165, 1.54) is 25.7 Å². The first-order valence-electron chi connectivity index (χ1n) is 5.47. The standard InChI is InChI=1S/C11H23NO/c1-10(2)9-13-11(5-4-6-11)7-8-12-3/h10,12H,4-9H2,1-3H3. The van der Waals surface area contributed by atoms with Crippen molar-refractivity contribution in [1.29, 1.82) is 0 Å². The van der Waals surface area contributed by atoms with Crippen LogP contribution in [-0.4, -0.2) is 25.8 Å². The summed E-state index contributed by atoms with van der Waals surface area (Å²) in [5.41, 5.74) is 0.243. The summed E-state index contributed by atoms with van der Waals surface area (Å²) < 4.78 is 5.99. The highest BCUT2D eigenvalue weighted by Crippen LogP contribution is 2.38. The normalized spacial score (nSPS) is 20.3. The molecular formula is C11H23NO. The lowest BCUT2D eigenvalue weighted by Crippen LogP contribution is -2.43. The Labute approximate surface area is 82.0 Å². The van der Waals surface area contributed by atoms with E-state index in [0.29, 0.717) is 5.92 Å². The molecule has 0 unspecified atom stereocenters. The van der Waals surface area contributed by atoms with Gasteiger partial charge in [-0.05, 0) is 45.2 Å². The molecule has 0 spiro atoms. The van der Waals surface area contributed by atoms with E-state index in [2.05, 4.69) is 19.2 Å². The maximum Gasteiger partial charge on any atom is 0.0694 e. The average Bonchev–Trinajstić information content (AvgIpc) is 2.02. The van der Waals surface area contributed by atoms with E-state index < -0.39 is 0 Å². The summed E-state index contributed by atoms with van der Waals surface area (Å²) in [6.45, 7) is 6.43. The van der Waals surface area contributed by atoms with E-state index >= 15 is 0 Å². The van der Waals surface area contributed by atoms with Gasteiger partial charge in [-0.25, -0.2) is 0 Å². The second-order valence-corrected chi connectivity index (χ2v) is 4.59. The molecule has 2 heteroatoms. The zero-order chi connectivity index (χ0) is 9.73. The third-order valence-electron chi connectivity index (χ3n) is 2.82. The maximum atomic E-state index is 5.99. The second kappa shape index (κ2) is 4.97. The summed E-state index contributed by atoms with van der Waals surface area (Å²) in [5.74, 6) is 0.659. The minimum Gasteiger partial charge on any atom is -0.375 e. The van der Waals surface area contributed by atoms with Gasteiger partial charge in [0.2, 0.25) is 0 Å². The molecule has 0 aliphatic heterocycles. The number of ether oxygens (including phenoxy) is 1. The van der Waals surface area contributed by atoms with Crippen molar-refractivity contribution in [2.45, 2.75) is 45.1 Å². The first-order valence-corrected chi connectivity index (χ1v) is 5.47. The molecule has 1 aliphatic carbocycles. The van der Waals surface area contributed by atoms with Gasteiger partial charge < -0.3 is 10.1 Å². The molecule has 0 aromatic rings. The lowest BCUT2D eigenvalue weighted by Gasteiger charge is -2.42. The molecule has 0 radical (unpaired) electrons. The van der Waals surface area contributed by atoms with E-state index in [-0.39, 0.29) is 5.60 Å². The van der Waals surface area contributed by atoms with Crippen LogP contribution >= 0.6 is 0 Å². The first kappa shape index (κ1) is 11.0. The summed E-state index contributed by atoms with van der Waals surface area (Å²) in [6.07, 6.45) is 5.06. The summed E-state index contributed by atoms with van der Waals surface area (Å²) in [6, 6.07) is 0. The summed E-state index contributed by atoms with van der Waals surface area (Å²) in [5, 5.41) is 3.20. The fraction of sp³-hybridized carbons (Fsp3) is 1.00. The largest absolute Gasteiger partial charge is 0.375 e. The predicted octanol–water partition coefficient (Wildman–Crippen LogP) is 2.19. The maximum absolute atomic E-state index is 5.99. The number of hydrogen-bond donors (Lipinski definition) is 1. The highest BCUT2D eigenvalue weighted by Gasteiger charge is 2.37. The van der Waals surface area contributed by atoms with Crippen LogP contribution in [0.4, 0.5) is 0 Å². The van der Waals surface area contributed by atoms with Crippen molar-refractivity contribution in [3.05, 3.63) is 0 Å². The highest BCUT2D eigenvalue weighted by atomic mass is 16.5.